The first-order valence-electron chi connectivity index (χ1n) is 5.27. The molecule has 0 aliphatic rings. The van der Waals surface area contributed by atoms with E-state index in [4.69, 9.17) is 10.5 Å². The van der Waals surface area contributed by atoms with E-state index in [1.165, 1.54) is 0 Å². The van der Waals surface area contributed by atoms with Crippen molar-refractivity contribution in [2.75, 3.05) is 13.7 Å². The minimum atomic E-state index is -1.16. The highest BCUT2D eigenvalue weighted by Crippen LogP contribution is 2.41. The molecule has 3 N–H and O–H groups in total. The monoisotopic (exact) mass is 227 g/mol. The van der Waals surface area contributed by atoms with Crippen LogP contribution < -0.4 is 10.5 Å². The molecule has 1 rings (SSSR count). The van der Waals surface area contributed by atoms with Crippen LogP contribution in [-0.4, -0.2) is 28.5 Å². The number of aromatic nitrogens is 2. The molecular weight excluding hydrogens is 206 g/mol. The summed E-state index contributed by atoms with van der Waals surface area (Å²) in [6.45, 7) is 5.93. The molecule has 0 bridgehead atoms. The maximum absolute atomic E-state index is 10.7. The van der Waals surface area contributed by atoms with E-state index in [-0.39, 0.29) is 6.54 Å². The van der Waals surface area contributed by atoms with E-state index < -0.39 is 11.0 Å². The van der Waals surface area contributed by atoms with Crippen molar-refractivity contribution in [3.63, 3.8) is 0 Å². The second-order valence-electron chi connectivity index (χ2n) is 5.00. The standard InChI is InChI=1S/C11H21N3O2/c1-10(2,3)11(15,7-12)9-8(16-5)6-13-14(9)4/h6,15H,7,12H2,1-5H3. The van der Waals surface area contributed by atoms with Gasteiger partial charge in [-0.15, -0.1) is 0 Å². The van der Waals surface area contributed by atoms with Gasteiger partial charge in [-0.25, -0.2) is 0 Å². The Hall–Kier alpha value is -1.07. The smallest absolute Gasteiger partial charge is 0.163 e. The van der Waals surface area contributed by atoms with Crippen LogP contribution in [0.25, 0.3) is 0 Å². The van der Waals surface area contributed by atoms with Gasteiger partial charge in [0, 0.05) is 13.6 Å². The van der Waals surface area contributed by atoms with Gasteiger partial charge in [0.25, 0.3) is 0 Å². The van der Waals surface area contributed by atoms with Gasteiger partial charge in [0.1, 0.15) is 11.3 Å². The van der Waals surface area contributed by atoms with E-state index >= 15 is 0 Å². The van der Waals surface area contributed by atoms with Crippen molar-refractivity contribution in [2.45, 2.75) is 26.4 Å². The third-order valence-corrected chi connectivity index (χ3v) is 3.05. The van der Waals surface area contributed by atoms with Crippen molar-refractivity contribution in [3.8, 4) is 5.75 Å². The average molecular weight is 227 g/mol. The highest BCUT2D eigenvalue weighted by molar-refractivity contribution is 5.32. The van der Waals surface area contributed by atoms with Gasteiger partial charge < -0.3 is 15.6 Å². The van der Waals surface area contributed by atoms with Gasteiger partial charge in [-0.3, -0.25) is 4.68 Å². The van der Waals surface area contributed by atoms with Crippen LogP contribution in [0.3, 0.4) is 0 Å². The van der Waals surface area contributed by atoms with Crippen LogP contribution in [0, 0.1) is 5.41 Å². The molecule has 1 aromatic heterocycles. The van der Waals surface area contributed by atoms with Crippen LogP contribution in [0.5, 0.6) is 5.75 Å². The van der Waals surface area contributed by atoms with E-state index in [0.717, 1.165) is 0 Å². The van der Waals surface area contributed by atoms with E-state index in [1.807, 2.05) is 20.8 Å². The van der Waals surface area contributed by atoms with E-state index in [1.54, 1.807) is 25.0 Å². The summed E-state index contributed by atoms with van der Waals surface area (Å²) < 4.78 is 6.82. The molecule has 0 aromatic carbocycles. The zero-order valence-electron chi connectivity index (χ0n) is 10.6. The molecule has 5 nitrogen and oxygen atoms in total. The van der Waals surface area contributed by atoms with Crippen molar-refractivity contribution < 1.29 is 9.84 Å². The van der Waals surface area contributed by atoms with E-state index in [9.17, 15) is 5.11 Å². The molecule has 0 spiro atoms. The third kappa shape index (κ3) is 1.81. The van der Waals surface area contributed by atoms with Gasteiger partial charge in [0.15, 0.2) is 5.75 Å². The van der Waals surface area contributed by atoms with Crippen molar-refractivity contribution in [1.82, 2.24) is 9.78 Å². The topological polar surface area (TPSA) is 73.3 Å². The van der Waals surface area contributed by atoms with Gasteiger partial charge in [0.2, 0.25) is 0 Å². The predicted molar refractivity (Wildman–Crippen MR) is 62.2 cm³/mol. The highest BCUT2D eigenvalue weighted by Gasteiger charge is 2.44. The lowest BCUT2D eigenvalue weighted by Gasteiger charge is -2.39. The molecule has 0 fully saturated rings. The summed E-state index contributed by atoms with van der Waals surface area (Å²) in [5.74, 6) is 0.561. The Kier molecular flexibility index (Phi) is 3.30. The second-order valence-corrected chi connectivity index (χ2v) is 5.00. The largest absolute Gasteiger partial charge is 0.493 e. The lowest BCUT2D eigenvalue weighted by molar-refractivity contribution is -0.0635. The highest BCUT2D eigenvalue weighted by atomic mass is 16.5. The number of nitrogens with two attached hydrogens (primary N) is 1. The Morgan fingerprint density at radius 2 is 2.06 bits per heavy atom. The molecule has 1 heterocycles. The molecule has 16 heavy (non-hydrogen) atoms. The lowest BCUT2D eigenvalue weighted by atomic mass is 9.74. The normalized spacial score (nSPS) is 15.9. The zero-order valence-corrected chi connectivity index (χ0v) is 10.6. The molecule has 1 aromatic rings. The summed E-state index contributed by atoms with van der Waals surface area (Å²) in [7, 11) is 3.32. The number of aryl methyl sites for hydroxylation is 1. The van der Waals surface area contributed by atoms with Crippen LogP contribution in [0.15, 0.2) is 6.20 Å². The molecule has 1 unspecified atom stereocenters. The summed E-state index contributed by atoms with van der Waals surface area (Å²) >= 11 is 0. The molecular formula is C11H21N3O2. The van der Waals surface area contributed by atoms with Crippen LogP contribution in [0.2, 0.25) is 0 Å². The zero-order chi connectivity index (χ0) is 12.6. The molecule has 92 valence electrons. The molecule has 0 saturated carbocycles. The molecule has 1 atom stereocenters. The van der Waals surface area contributed by atoms with Gasteiger partial charge in [-0.1, -0.05) is 20.8 Å². The Balaban J connectivity index is 3.38. The predicted octanol–water partition coefficient (Wildman–Crippen LogP) is 0.621. The number of methoxy groups -OCH3 is 1. The molecule has 0 saturated heterocycles. The summed E-state index contributed by atoms with van der Waals surface area (Å²) in [6.07, 6.45) is 1.59. The first kappa shape index (κ1) is 13.0. The summed E-state index contributed by atoms with van der Waals surface area (Å²) in [5, 5.41) is 14.8. The minimum Gasteiger partial charge on any atom is -0.493 e. The summed E-state index contributed by atoms with van der Waals surface area (Å²) in [6, 6.07) is 0. The van der Waals surface area contributed by atoms with Crippen LogP contribution in [0.4, 0.5) is 0 Å². The van der Waals surface area contributed by atoms with Crippen LogP contribution in [0.1, 0.15) is 26.5 Å². The number of hydrogen-bond acceptors (Lipinski definition) is 4. The van der Waals surface area contributed by atoms with Gasteiger partial charge in [-0.05, 0) is 5.41 Å². The Morgan fingerprint density at radius 3 is 2.44 bits per heavy atom. The quantitative estimate of drug-likeness (QED) is 0.794. The summed E-state index contributed by atoms with van der Waals surface area (Å²) in [4.78, 5) is 0. The van der Waals surface area contributed by atoms with Crippen molar-refractivity contribution >= 4 is 0 Å². The number of rotatable bonds is 3. The average Bonchev–Trinajstić information content (AvgIpc) is 2.57. The number of hydrogen-bond donors (Lipinski definition) is 2. The third-order valence-electron chi connectivity index (χ3n) is 3.05. The molecule has 5 heteroatoms. The molecule has 0 aliphatic heterocycles. The molecule has 0 amide bonds. The van der Waals surface area contributed by atoms with Gasteiger partial charge in [0.05, 0.1) is 13.3 Å². The van der Waals surface area contributed by atoms with E-state index in [2.05, 4.69) is 5.10 Å². The second kappa shape index (κ2) is 4.07. The first-order chi connectivity index (χ1) is 7.28. The Morgan fingerprint density at radius 1 is 1.50 bits per heavy atom. The molecule has 0 aliphatic carbocycles. The maximum Gasteiger partial charge on any atom is 0.163 e. The van der Waals surface area contributed by atoms with Crippen molar-refractivity contribution in [1.29, 1.82) is 0 Å². The Labute approximate surface area is 96.2 Å². The number of ether oxygens (including phenoxy) is 1. The van der Waals surface area contributed by atoms with Gasteiger partial charge in [-0.2, -0.15) is 5.10 Å². The number of nitrogens with zero attached hydrogens (tertiary/aromatic N) is 2. The first-order valence-corrected chi connectivity index (χ1v) is 5.27. The fourth-order valence-electron chi connectivity index (χ4n) is 1.80. The maximum atomic E-state index is 10.7. The fourth-order valence-corrected chi connectivity index (χ4v) is 1.80. The van der Waals surface area contributed by atoms with Crippen molar-refractivity contribution in [3.05, 3.63) is 11.9 Å². The van der Waals surface area contributed by atoms with Crippen LogP contribution in [-0.2, 0) is 12.6 Å². The fraction of sp³-hybridized carbons (Fsp3) is 0.727. The number of aliphatic hydroxyl groups is 1. The summed E-state index contributed by atoms with van der Waals surface area (Å²) in [5.41, 5.74) is 4.78. The van der Waals surface area contributed by atoms with Gasteiger partial charge >= 0.3 is 0 Å². The SMILES string of the molecule is COc1cnn(C)c1C(O)(CN)C(C)(C)C. The molecule has 0 radical (unpaired) electrons. The van der Waals surface area contributed by atoms with Crippen molar-refractivity contribution in [2.24, 2.45) is 18.2 Å². The minimum absolute atomic E-state index is 0.117. The Bertz CT molecular complexity index is 368. The lowest BCUT2D eigenvalue weighted by Crippen LogP contribution is -2.47. The van der Waals surface area contributed by atoms with Crippen LogP contribution >= 0.6 is 0 Å². The van der Waals surface area contributed by atoms with E-state index in [0.29, 0.717) is 11.4 Å².